The van der Waals surface area contributed by atoms with Crippen molar-refractivity contribution in [2.24, 2.45) is 0 Å². The highest BCUT2D eigenvalue weighted by molar-refractivity contribution is 7.73. The van der Waals surface area contributed by atoms with Crippen LogP contribution in [-0.2, 0) is 0 Å². The summed E-state index contributed by atoms with van der Waals surface area (Å²) in [6.07, 6.45) is 19.7. The molecule has 4 heteroatoms. The van der Waals surface area contributed by atoms with Crippen molar-refractivity contribution in [3.63, 3.8) is 0 Å². The molecule has 1 aromatic heterocycles. The highest BCUT2D eigenvalue weighted by atomic mass is 32.1. The van der Waals surface area contributed by atoms with Crippen LogP contribution in [0.2, 0.25) is 0 Å². The molecule has 0 saturated heterocycles. The van der Waals surface area contributed by atoms with Gasteiger partial charge in [-0.1, -0.05) is 84.0 Å². The second-order valence-corrected chi connectivity index (χ2v) is 7.96. The molecule has 0 bridgehead atoms. The lowest BCUT2D eigenvalue weighted by atomic mass is 10.0. The van der Waals surface area contributed by atoms with Crippen LogP contribution >= 0.6 is 23.6 Å². The molecule has 1 heterocycles. The minimum Gasteiger partial charge on any atom is -0.274 e. The second-order valence-electron chi connectivity index (χ2n) is 6.43. The van der Waals surface area contributed by atoms with Crippen molar-refractivity contribution >= 4 is 29.5 Å². The first-order chi connectivity index (χ1) is 11.3. The van der Waals surface area contributed by atoms with Crippen LogP contribution in [0.15, 0.2) is 11.6 Å². The molecule has 0 aliphatic carbocycles. The van der Waals surface area contributed by atoms with E-state index in [9.17, 15) is 4.79 Å². The smallest absolute Gasteiger partial charge is 0.232 e. The predicted octanol–water partition coefficient (Wildman–Crippen LogP) is 7.40. The van der Waals surface area contributed by atoms with Gasteiger partial charge in [-0.05, 0) is 18.6 Å². The van der Waals surface area contributed by atoms with Crippen molar-refractivity contribution in [1.29, 1.82) is 0 Å². The number of unbranched alkanes of at least 4 members (excludes halogenated alkanes) is 12. The zero-order chi connectivity index (χ0) is 16.8. The maximum absolute atomic E-state index is 11.9. The Morgan fingerprint density at radius 1 is 0.913 bits per heavy atom. The molecule has 1 aromatic rings. The van der Waals surface area contributed by atoms with Crippen LogP contribution in [0.3, 0.4) is 0 Å². The molecule has 0 aliphatic heterocycles. The van der Waals surface area contributed by atoms with E-state index < -0.39 is 0 Å². The van der Waals surface area contributed by atoms with Gasteiger partial charge in [-0.3, -0.25) is 9.36 Å². The van der Waals surface area contributed by atoms with Crippen LogP contribution in [0, 0.1) is 3.95 Å². The first-order valence-corrected chi connectivity index (χ1v) is 10.7. The molecule has 23 heavy (non-hydrogen) atoms. The molecule has 0 saturated carbocycles. The third-order valence-corrected chi connectivity index (χ3v) is 5.48. The molecule has 0 radical (unpaired) electrons. The normalized spacial score (nSPS) is 11.0. The number of aromatic nitrogens is 1. The van der Waals surface area contributed by atoms with E-state index in [0.29, 0.717) is 10.4 Å². The van der Waals surface area contributed by atoms with Gasteiger partial charge < -0.3 is 0 Å². The van der Waals surface area contributed by atoms with Crippen LogP contribution in [0.25, 0.3) is 0 Å². The topological polar surface area (TPSA) is 22.0 Å². The van der Waals surface area contributed by atoms with Gasteiger partial charge in [0.25, 0.3) is 0 Å². The summed E-state index contributed by atoms with van der Waals surface area (Å²) in [6.45, 7) is 2.27. The summed E-state index contributed by atoms with van der Waals surface area (Å²) >= 11 is 6.57. The highest BCUT2D eigenvalue weighted by Crippen LogP contribution is 2.13. The summed E-state index contributed by atoms with van der Waals surface area (Å²) < 4.78 is 2.28. The highest BCUT2D eigenvalue weighted by Gasteiger charge is 2.05. The molecule has 2 nitrogen and oxygen atoms in total. The average molecular weight is 356 g/mol. The monoisotopic (exact) mass is 355 g/mol. The largest absolute Gasteiger partial charge is 0.274 e. The van der Waals surface area contributed by atoms with Gasteiger partial charge in [0, 0.05) is 18.0 Å². The fourth-order valence-electron chi connectivity index (χ4n) is 2.87. The Morgan fingerprint density at radius 2 is 1.39 bits per heavy atom. The zero-order valence-corrected chi connectivity index (χ0v) is 16.4. The quantitative estimate of drug-likeness (QED) is 0.256. The molecular weight excluding hydrogens is 322 g/mol. The summed E-state index contributed by atoms with van der Waals surface area (Å²) in [5, 5.41) is 1.88. The zero-order valence-electron chi connectivity index (χ0n) is 14.7. The fourth-order valence-corrected chi connectivity index (χ4v) is 3.77. The number of thiazole rings is 1. The second kappa shape index (κ2) is 13.9. The molecular formula is C19H33NOS2. The van der Waals surface area contributed by atoms with Crippen LogP contribution in [-0.4, -0.2) is 10.5 Å². The van der Waals surface area contributed by atoms with E-state index in [0.717, 1.165) is 6.42 Å². The summed E-state index contributed by atoms with van der Waals surface area (Å²) in [6, 6.07) is 0. The van der Waals surface area contributed by atoms with Gasteiger partial charge in [-0.2, -0.15) is 0 Å². The SMILES string of the molecule is CCCCCCCCCCCCCCCC(=O)n1ccsc1=S. The Bertz CT molecular complexity index is 464. The standard InChI is InChI=1S/C19H33NOS2/c1-2-3-4-5-6-7-8-9-10-11-12-13-14-15-18(21)20-16-17-23-19(20)22/h16-17H,2-15H2,1H3. The molecule has 0 unspecified atom stereocenters. The predicted molar refractivity (Wildman–Crippen MR) is 104 cm³/mol. The Balaban J connectivity index is 1.84. The molecule has 0 fully saturated rings. The molecule has 0 N–H and O–H groups in total. The Kier molecular flexibility index (Phi) is 12.4. The van der Waals surface area contributed by atoms with Gasteiger partial charge in [0.1, 0.15) is 0 Å². The molecule has 0 amide bonds. The van der Waals surface area contributed by atoms with Crippen molar-refractivity contribution in [3.8, 4) is 0 Å². The van der Waals surface area contributed by atoms with Crippen molar-refractivity contribution in [1.82, 2.24) is 4.57 Å². The molecule has 0 spiro atoms. The first-order valence-electron chi connectivity index (χ1n) is 9.45. The number of nitrogens with zero attached hydrogens (tertiary/aromatic N) is 1. The van der Waals surface area contributed by atoms with E-state index in [1.807, 2.05) is 5.38 Å². The Hall–Kier alpha value is -0.480. The lowest BCUT2D eigenvalue weighted by Crippen LogP contribution is -2.08. The van der Waals surface area contributed by atoms with E-state index in [1.165, 1.54) is 88.4 Å². The number of hydrogen-bond donors (Lipinski definition) is 0. The Labute approximate surface area is 151 Å². The number of carbonyl (C=O) groups is 1. The van der Waals surface area contributed by atoms with Gasteiger partial charge in [0.05, 0.1) is 0 Å². The van der Waals surface area contributed by atoms with Gasteiger partial charge in [-0.15, -0.1) is 11.3 Å². The minimum atomic E-state index is 0.152. The van der Waals surface area contributed by atoms with Crippen molar-refractivity contribution in [2.75, 3.05) is 0 Å². The van der Waals surface area contributed by atoms with Gasteiger partial charge in [0.2, 0.25) is 5.91 Å². The average Bonchev–Trinajstić information content (AvgIpc) is 2.98. The lowest BCUT2D eigenvalue weighted by molar-refractivity contribution is 0.0898. The maximum atomic E-state index is 11.9. The maximum Gasteiger partial charge on any atom is 0.232 e. The third kappa shape index (κ3) is 10.1. The molecule has 1 rings (SSSR count). The number of carbonyl (C=O) groups excluding carboxylic acids is 1. The van der Waals surface area contributed by atoms with E-state index in [2.05, 4.69) is 6.92 Å². The van der Waals surface area contributed by atoms with Crippen molar-refractivity contribution in [3.05, 3.63) is 15.5 Å². The number of hydrogen-bond acceptors (Lipinski definition) is 3. The fraction of sp³-hybridized carbons (Fsp3) is 0.789. The van der Waals surface area contributed by atoms with Crippen LogP contribution in [0.1, 0.15) is 102 Å². The molecule has 0 atom stereocenters. The summed E-state index contributed by atoms with van der Waals surface area (Å²) in [5.74, 6) is 0.152. The number of rotatable bonds is 14. The summed E-state index contributed by atoms with van der Waals surface area (Å²) in [7, 11) is 0. The van der Waals surface area contributed by atoms with Crippen molar-refractivity contribution in [2.45, 2.75) is 96.8 Å². The molecule has 132 valence electrons. The van der Waals surface area contributed by atoms with Gasteiger partial charge >= 0.3 is 0 Å². The van der Waals surface area contributed by atoms with Crippen LogP contribution in [0.5, 0.6) is 0 Å². The van der Waals surface area contributed by atoms with E-state index in [4.69, 9.17) is 12.2 Å². The third-order valence-electron chi connectivity index (χ3n) is 4.34. The molecule has 0 aromatic carbocycles. The van der Waals surface area contributed by atoms with Gasteiger partial charge in [-0.25, -0.2) is 0 Å². The van der Waals surface area contributed by atoms with Crippen molar-refractivity contribution < 1.29 is 4.79 Å². The lowest BCUT2D eigenvalue weighted by Gasteiger charge is -2.03. The summed E-state index contributed by atoms with van der Waals surface area (Å²) in [4.78, 5) is 11.9. The summed E-state index contributed by atoms with van der Waals surface area (Å²) in [5.41, 5.74) is 0. The molecule has 0 aliphatic rings. The van der Waals surface area contributed by atoms with Gasteiger partial charge in [0.15, 0.2) is 3.95 Å². The van der Waals surface area contributed by atoms with Crippen LogP contribution < -0.4 is 0 Å². The first kappa shape index (κ1) is 20.6. The Morgan fingerprint density at radius 3 is 1.83 bits per heavy atom. The van der Waals surface area contributed by atoms with E-state index in [-0.39, 0.29) is 5.91 Å². The van der Waals surface area contributed by atoms with E-state index in [1.54, 1.807) is 10.8 Å². The minimum absolute atomic E-state index is 0.152. The van der Waals surface area contributed by atoms with Crippen LogP contribution in [0.4, 0.5) is 0 Å². The van der Waals surface area contributed by atoms with E-state index >= 15 is 0 Å².